The van der Waals surface area contributed by atoms with Crippen molar-refractivity contribution < 1.29 is 14.5 Å². The second-order valence-corrected chi connectivity index (χ2v) is 11.1. The van der Waals surface area contributed by atoms with Crippen LogP contribution in [0, 0.1) is 0 Å². The Bertz CT molecular complexity index is 1200. The lowest BCUT2D eigenvalue weighted by Gasteiger charge is -2.21. The van der Waals surface area contributed by atoms with Gasteiger partial charge in [0.1, 0.15) is 0 Å². The fraction of sp³-hybridized carbons (Fsp3) is 0.304. The lowest BCUT2D eigenvalue weighted by atomic mass is 9.95. The first-order valence-electron chi connectivity index (χ1n) is 10.8. The van der Waals surface area contributed by atoms with Crippen molar-refractivity contribution >= 4 is 67.3 Å². The Morgan fingerprint density at radius 2 is 2.00 bits per heavy atom. The molecule has 3 aromatic rings. The van der Waals surface area contributed by atoms with E-state index in [9.17, 15) is 9.90 Å². The zero-order valence-electron chi connectivity index (χ0n) is 18.1. The average Bonchev–Trinajstić information content (AvgIpc) is 3.25. The summed E-state index contributed by atoms with van der Waals surface area (Å²) in [5.41, 5.74) is 3.85. The van der Waals surface area contributed by atoms with Crippen LogP contribution in [0.5, 0.6) is 5.75 Å². The number of H-pyrrole nitrogens is 1. The van der Waals surface area contributed by atoms with Crippen LogP contribution in [-0.2, 0) is 4.79 Å². The van der Waals surface area contributed by atoms with Crippen molar-refractivity contribution in [3.63, 3.8) is 0 Å². The van der Waals surface area contributed by atoms with Crippen molar-refractivity contribution in [2.75, 3.05) is 5.75 Å². The van der Waals surface area contributed by atoms with Gasteiger partial charge in [-0.3, -0.25) is 4.79 Å². The summed E-state index contributed by atoms with van der Waals surface area (Å²) in [6.45, 7) is 0. The van der Waals surface area contributed by atoms with Gasteiger partial charge in [0, 0.05) is 14.0 Å². The Morgan fingerprint density at radius 1 is 1.26 bits per heavy atom. The number of rotatable bonds is 7. The predicted molar refractivity (Wildman–Crippen MR) is 139 cm³/mol. The molecule has 1 aromatic heterocycles. The van der Waals surface area contributed by atoms with E-state index in [-0.39, 0.29) is 17.4 Å². The topological polar surface area (TPSA) is 97.1 Å². The SMILES string of the molecule is O=C(CSc1n[nH]c(-c2ccc(Cl)cc2)[n+]1C1CCCCC1)NN=Cc1cc(Br)cc(Br)c1[O-]. The number of nitrogens with zero attached hydrogens (tertiary/aromatic N) is 3. The van der Waals surface area contributed by atoms with Gasteiger partial charge in [-0.15, -0.1) is 5.10 Å². The lowest BCUT2D eigenvalue weighted by Crippen LogP contribution is -2.43. The first-order valence-corrected chi connectivity index (χ1v) is 13.7. The molecule has 0 spiro atoms. The number of nitrogens with one attached hydrogen (secondary N) is 2. The van der Waals surface area contributed by atoms with Gasteiger partial charge in [-0.25, -0.2) is 9.99 Å². The van der Waals surface area contributed by atoms with Gasteiger partial charge >= 0.3 is 5.16 Å². The predicted octanol–water partition coefficient (Wildman–Crippen LogP) is 5.36. The third kappa shape index (κ3) is 6.21. The lowest BCUT2D eigenvalue weighted by molar-refractivity contribution is -0.749. The molecule has 0 unspecified atom stereocenters. The molecular formula is C23H22Br2ClN5O2S. The van der Waals surface area contributed by atoms with E-state index in [1.54, 1.807) is 12.1 Å². The summed E-state index contributed by atoms with van der Waals surface area (Å²) in [6, 6.07) is 11.3. The molecule has 1 amide bonds. The van der Waals surface area contributed by atoms with Crippen molar-refractivity contribution in [3.05, 3.63) is 55.9 Å². The minimum absolute atomic E-state index is 0.140. The van der Waals surface area contributed by atoms with E-state index in [4.69, 9.17) is 11.6 Å². The number of carbonyl (C=O) groups is 1. The van der Waals surface area contributed by atoms with E-state index in [2.05, 4.69) is 57.2 Å². The van der Waals surface area contributed by atoms with E-state index >= 15 is 0 Å². The maximum Gasteiger partial charge on any atom is 0.337 e. The quantitative estimate of drug-likeness (QED) is 0.160. The molecule has 0 atom stereocenters. The van der Waals surface area contributed by atoms with Gasteiger partial charge in [-0.1, -0.05) is 55.6 Å². The Hall–Kier alpha value is -1.88. The second kappa shape index (κ2) is 11.7. The van der Waals surface area contributed by atoms with Gasteiger partial charge < -0.3 is 5.11 Å². The van der Waals surface area contributed by atoms with Crippen LogP contribution in [0.1, 0.15) is 43.7 Å². The summed E-state index contributed by atoms with van der Waals surface area (Å²) in [4.78, 5) is 12.4. The molecule has 1 heterocycles. The molecule has 0 aliphatic heterocycles. The first-order chi connectivity index (χ1) is 16.4. The maximum absolute atomic E-state index is 12.4. The van der Waals surface area contributed by atoms with Gasteiger partial charge in [-0.2, -0.15) is 5.10 Å². The second-order valence-electron chi connectivity index (χ2n) is 7.91. The van der Waals surface area contributed by atoms with Crippen LogP contribution >= 0.6 is 55.2 Å². The molecule has 34 heavy (non-hydrogen) atoms. The fourth-order valence-electron chi connectivity index (χ4n) is 3.91. The summed E-state index contributed by atoms with van der Waals surface area (Å²) in [5, 5.41) is 25.2. The van der Waals surface area contributed by atoms with E-state index in [1.165, 1.54) is 37.2 Å². The Balaban J connectivity index is 1.46. The van der Waals surface area contributed by atoms with Crippen LogP contribution in [0.25, 0.3) is 11.4 Å². The van der Waals surface area contributed by atoms with Gasteiger partial charge in [0.25, 0.3) is 11.7 Å². The standard InChI is InChI=1S/C23H22Br2ClN5O2S/c24-16-10-15(21(33)19(25)11-16)12-27-28-20(32)13-34-23-30-29-22(14-6-8-17(26)9-7-14)31(23)18-4-2-1-3-5-18/h6-12,18H,1-5,13H2,(H2,27,28,32,33). The normalized spacial score (nSPS) is 14.6. The zero-order chi connectivity index (χ0) is 24.1. The molecule has 1 aliphatic rings. The Kier molecular flexibility index (Phi) is 8.68. The number of hydrazone groups is 1. The summed E-state index contributed by atoms with van der Waals surface area (Å²) < 4.78 is 3.38. The number of halogens is 3. The summed E-state index contributed by atoms with van der Waals surface area (Å²) in [5.74, 6) is 0.568. The molecule has 2 N–H and O–H groups in total. The highest BCUT2D eigenvalue weighted by atomic mass is 79.9. The van der Waals surface area contributed by atoms with E-state index in [0.29, 0.717) is 21.1 Å². The maximum atomic E-state index is 12.4. The average molecular weight is 628 g/mol. The third-order valence-electron chi connectivity index (χ3n) is 5.52. The zero-order valence-corrected chi connectivity index (χ0v) is 22.8. The van der Waals surface area contributed by atoms with Crippen LogP contribution in [0.3, 0.4) is 0 Å². The number of aromatic nitrogens is 3. The van der Waals surface area contributed by atoms with Crippen LogP contribution in [0.2, 0.25) is 5.02 Å². The molecule has 11 heteroatoms. The molecule has 1 saturated carbocycles. The van der Waals surface area contributed by atoms with Crippen molar-refractivity contribution in [2.45, 2.75) is 43.3 Å². The molecule has 0 bridgehead atoms. The molecular weight excluding hydrogens is 606 g/mol. The van der Waals surface area contributed by atoms with Gasteiger partial charge in [-0.05, 0) is 79.4 Å². The number of carbonyl (C=O) groups excluding carboxylic acids is 1. The molecule has 0 radical (unpaired) electrons. The minimum atomic E-state index is -0.283. The van der Waals surface area contributed by atoms with Gasteiger partial charge in [0.2, 0.25) is 0 Å². The largest absolute Gasteiger partial charge is 0.871 e. The molecule has 1 aliphatic carbocycles. The summed E-state index contributed by atoms with van der Waals surface area (Å²) >= 11 is 14.0. The Labute approximate surface area is 223 Å². The van der Waals surface area contributed by atoms with Gasteiger partial charge in [0.05, 0.1) is 28.7 Å². The highest BCUT2D eigenvalue weighted by Gasteiger charge is 2.30. The molecule has 1 fully saturated rings. The molecule has 2 aromatic carbocycles. The molecule has 0 saturated heterocycles. The molecule has 4 rings (SSSR count). The fourth-order valence-corrected chi connectivity index (χ4v) is 6.11. The molecule has 7 nitrogen and oxygen atoms in total. The summed E-state index contributed by atoms with van der Waals surface area (Å²) in [7, 11) is 0. The van der Waals surface area contributed by atoms with Crippen LogP contribution < -0.4 is 15.1 Å². The van der Waals surface area contributed by atoms with Crippen molar-refractivity contribution in [1.82, 2.24) is 15.6 Å². The number of hydrogen-bond acceptors (Lipinski definition) is 5. The van der Waals surface area contributed by atoms with Gasteiger partial charge in [0.15, 0.2) is 0 Å². The summed E-state index contributed by atoms with van der Waals surface area (Å²) in [6.07, 6.45) is 7.10. The van der Waals surface area contributed by atoms with E-state index in [1.807, 2.05) is 24.3 Å². The highest BCUT2D eigenvalue weighted by molar-refractivity contribution is 9.11. The number of thioether (sulfide) groups is 1. The number of aromatic amines is 1. The van der Waals surface area contributed by atoms with Crippen LogP contribution in [0.15, 0.2) is 55.6 Å². The molecule has 178 valence electrons. The number of hydrogen-bond donors (Lipinski definition) is 2. The van der Waals surface area contributed by atoms with Crippen LogP contribution in [0.4, 0.5) is 0 Å². The van der Waals surface area contributed by atoms with E-state index in [0.717, 1.165) is 33.9 Å². The number of amides is 1. The highest BCUT2D eigenvalue weighted by Crippen LogP contribution is 2.30. The van der Waals surface area contributed by atoms with Crippen LogP contribution in [-0.4, -0.2) is 28.1 Å². The monoisotopic (exact) mass is 625 g/mol. The minimum Gasteiger partial charge on any atom is -0.871 e. The van der Waals surface area contributed by atoms with Crippen molar-refractivity contribution in [1.29, 1.82) is 0 Å². The first kappa shape index (κ1) is 25.2. The van der Waals surface area contributed by atoms with E-state index < -0.39 is 0 Å². The van der Waals surface area contributed by atoms with Crippen molar-refractivity contribution in [3.8, 4) is 17.1 Å². The smallest absolute Gasteiger partial charge is 0.337 e. The Morgan fingerprint density at radius 3 is 2.74 bits per heavy atom. The third-order valence-corrected chi connectivity index (χ3v) is 7.78. The number of benzene rings is 2. The van der Waals surface area contributed by atoms with Crippen molar-refractivity contribution in [2.24, 2.45) is 5.10 Å².